The average Bonchev–Trinajstić information content (AvgIpc) is 2.34. The Hall–Kier alpha value is -0.810. The first-order valence-electron chi connectivity index (χ1n) is 5.52. The summed E-state index contributed by atoms with van der Waals surface area (Å²) in [7, 11) is 0. The smallest absolute Gasteiger partial charge is 0.224 e. The molecule has 0 heterocycles. The Kier molecular flexibility index (Phi) is 7.05. The van der Waals surface area contributed by atoms with Gasteiger partial charge in [-0.25, -0.2) is 0 Å². The third kappa shape index (κ3) is 5.69. The monoisotopic (exact) mass is 291 g/mol. The van der Waals surface area contributed by atoms with Gasteiger partial charge in [0.05, 0.1) is 36.3 Å². The third-order valence-corrected chi connectivity index (χ3v) is 2.89. The van der Waals surface area contributed by atoms with Crippen molar-refractivity contribution in [2.24, 2.45) is 0 Å². The van der Waals surface area contributed by atoms with Gasteiger partial charge in [-0.2, -0.15) is 0 Å². The van der Waals surface area contributed by atoms with Gasteiger partial charge < -0.3 is 15.2 Å². The van der Waals surface area contributed by atoms with Gasteiger partial charge in [0.15, 0.2) is 0 Å². The van der Waals surface area contributed by atoms with E-state index in [1.807, 2.05) is 0 Å². The molecule has 1 rings (SSSR count). The maximum absolute atomic E-state index is 11.5. The molecule has 0 aliphatic carbocycles. The molecule has 0 radical (unpaired) electrons. The molecule has 0 saturated heterocycles. The summed E-state index contributed by atoms with van der Waals surface area (Å²) in [4.78, 5) is 11.5. The predicted molar refractivity (Wildman–Crippen MR) is 71.1 cm³/mol. The summed E-state index contributed by atoms with van der Waals surface area (Å²) < 4.78 is 5.01. The van der Waals surface area contributed by atoms with Crippen LogP contribution in [0.1, 0.15) is 5.56 Å². The van der Waals surface area contributed by atoms with Gasteiger partial charge in [-0.3, -0.25) is 4.79 Å². The van der Waals surface area contributed by atoms with Gasteiger partial charge in [0.2, 0.25) is 5.91 Å². The van der Waals surface area contributed by atoms with Gasteiger partial charge in [-0.1, -0.05) is 29.3 Å². The molecular formula is C12H15Cl2NO3. The highest BCUT2D eigenvalue weighted by Gasteiger charge is 2.05. The normalized spacial score (nSPS) is 10.4. The molecule has 0 spiro atoms. The van der Waals surface area contributed by atoms with Crippen LogP contribution in [-0.4, -0.2) is 37.4 Å². The largest absolute Gasteiger partial charge is 0.394 e. The van der Waals surface area contributed by atoms with E-state index >= 15 is 0 Å². The summed E-state index contributed by atoms with van der Waals surface area (Å²) in [6, 6.07) is 5.10. The Morgan fingerprint density at radius 1 is 1.28 bits per heavy atom. The first-order chi connectivity index (χ1) is 8.63. The van der Waals surface area contributed by atoms with E-state index < -0.39 is 0 Å². The van der Waals surface area contributed by atoms with Gasteiger partial charge in [0.25, 0.3) is 0 Å². The Bertz CT molecular complexity index is 399. The van der Waals surface area contributed by atoms with Crippen LogP contribution in [0.25, 0.3) is 0 Å². The van der Waals surface area contributed by atoms with Crippen LogP contribution in [0.15, 0.2) is 18.2 Å². The zero-order valence-corrected chi connectivity index (χ0v) is 11.3. The zero-order valence-electron chi connectivity index (χ0n) is 9.79. The van der Waals surface area contributed by atoms with Crippen LogP contribution in [-0.2, 0) is 16.0 Å². The highest BCUT2D eigenvalue weighted by molar-refractivity contribution is 6.42. The van der Waals surface area contributed by atoms with Crippen molar-refractivity contribution >= 4 is 29.1 Å². The topological polar surface area (TPSA) is 58.6 Å². The van der Waals surface area contributed by atoms with Crippen molar-refractivity contribution in [1.82, 2.24) is 5.32 Å². The maximum atomic E-state index is 11.5. The van der Waals surface area contributed by atoms with E-state index in [9.17, 15) is 4.79 Å². The molecule has 0 atom stereocenters. The number of benzene rings is 1. The summed E-state index contributed by atoms with van der Waals surface area (Å²) in [5, 5.41) is 12.1. The Labute approximate surface area is 116 Å². The van der Waals surface area contributed by atoms with Crippen molar-refractivity contribution in [1.29, 1.82) is 0 Å². The van der Waals surface area contributed by atoms with E-state index in [2.05, 4.69) is 5.32 Å². The minimum absolute atomic E-state index is 0.0166. The summed E-state index contributed by atoms with van der Waals surface area (Å²) in [6.07, 6.45) is 0.247. The number of nitrogens with one attached hydrogen (secondary N) is 1. The van der Waals surface area contributed by atoms with Crippen LogP contribution in [0.5, 0.6) is 0 Å². The van der Waals surface area contributed by atoms with Crippen LogP contribution in [0, 0.1) is 0 Å². The number of rotatable bonds is 7. The summed E-state index contributed by atoms with van der Waals surface area (Å²) in [5.41, 5.74) is 0.804. The number of carbonyl (C=O) groups is 1. The number of hydrogen-bond acceptors (Lipinski definition) is 3. The molecule has 2 N–H and O–H groups in total. The van der Waals surface area contributed by atoms with Gasteiger partial charge in [0, 0.05) is 6.54 Å². The summed E-state index contributed by atoms with van der Waals surface area (Å²) >= 11 is 11.6. The van der Waals surface area contributed by atoms with E-state index in [1.54, 1.807) is 18.2 Å². The van der Waals surface area contributed by atoms with Gasteiger partial charge in [-0.15, -0.1) is 0 Å². The van der Waals surface area contributed by atoms with E-state index in [0.29, 0.717) is 23.2 Å². The molecule has 0 unspecified atom stereocenters. The lowest BCUT2D eigenvalue weighted by atomic mass is 10.1. The Morgan fingerprint density at radius 3 is 2.72 bits per heavy atom. The quantitative estimate of drug-likeness (QED) is 0.751. The number of aliphatic hydroxyl groups is 1. The molecule has 0 saturated carbocycles. The maximum Gasteiger partial charge on any atom is 0.224 e. The summed E-state index contributed by atoms with van der Waals surface area (Å²) in [5.74, 6) is -0.110. The minimum atomic E-state index is -0.110. The van der Waals surface area contributed by atoms with Crippen LogP contribution < -0.4 is 5.32 Å². The Morgan fingerprint density at radius 2 is 2.06 bits per heavy atom. The number of hydrogen-bond donors (Lipinski definition) is 2. The Balaban J connectivity index is 2.29. The zero-order chi connectivity index (χ0) is 13.4. The molecule has 18 heavy (non-hydrogen) atoms. The molecule has 1 aromatic rings. The molecule has 0 aliphatic heterocycles. The lowest BCUT2D eigenvalue weighted by Crippen LogP contribution is -2.28. The lowest BCUT2D eigenvalue weighted by molar-refractivity contribution is -0.120. The number of aliphatic hydroxyl groups excluding tert-OH is 1. The molecule has 6 heteroatoms. The van der Waals surface area contributed by atoms with E-state index in [0.717, 1.165) is 5.56 Å². The fourth-order valence-corrected chi connectivity index (χ4v) is 1.65. The first kappa shape index (κ1) is 15.2. The molecule has 0 fully saturated rings. The average molecular weight is 292 g/mol. The highest BCUT2D eigenvalue weighted by atomic mass is 35.5. The van der Waals surface area contributed by atoms with Crippen molar-refractivity contribution in [2.45, 2.75) is 6.42 Å². The second kappa shape index (κ2) is 8.32. The van der Waals surface area contributed by atoms with Crippen molar-refractivity contribution in [2.75, 3.05) is 26.4 Å². The first-order valence-corrected chi connectivity index (χ1v) is 6.28. The molecule has 1 amide bonds. The number of ether oxygens (including phenoxy) is 1. The van der Waals surface area contributed by atoms with E-state index in [1.165, 1.54) is 0 Å². The fraction of sp³-hybridized carbons (Fsp3) is 0.417. The molecule has 0 aromatic heterocycles. The molecule has 4 nitrogen and oxygen atoms in total. The second-order valence-corrected chi connectivity index (χ2v) is 4.43. The highest BCUT2D eigenvalue weighted by Crippen LogP contribution is 2.22. The molecule has 1 aromatic carbocycles. The van der Waals surface area contributed by atoms with Gasteiger partial charge in [-0.05, 0) is 17.7 Å². The van der Waals surface area contributed by atoms with Crippen LogP contribution in [0.4, 0.5) is 0 Å². The second-order valence-electron chi connectivity index (χ2n) is 3.61. The van der Waals surface area contributed by atoms with Crippen molar-refractivity contribution in [3.8, 4) is 0 Å². The van der Waals surface area contributed by atoms with Crippen LogP contribution in [0.3, 0.4) is 0 Å². The van der Waals surface area contributed by atoms with Crippen LogP contribution >= 0.6 is 23.2 Å². The molecular weight excluding hydrogens is 277 g/mol. The third-order valence-electron chi connectivity index (χ3n) is 2.15. The molecule has 0 bridgehead atoms. The number of amides is 1. The van der Waals surface area contributed by atoms with Crippen molar-refractivity contribution in [3.05, 3.63) is 33.8 Å². The standard InChI is InChI=1S/C12H15Cl2NO3/c13-10-2-1-9(7-11(10)14)8-12(17)15-3-5-18-6-4-16/h1-2,7,16H,3-6,8H2,(H,15,17). The van der Waals surface area contributed by atoms with Gasteiger partial charge >= 0.3 is 0 Å². The van der Waals surface area contributed by atoms with Crippen LogP contribution in [0.2, 0.25) is 10.0 Å². The van der Waals surface area contributed by atoms with E-state index in [-0.39, 0.29) is 25.5 Å². The number of halogens is 2. The van der Waals surface area contributed by atoms with Crippen molar-refractivity contribution in [3.63, 3.8) is 0 Å². The number of carbonyl (C=O) groups excluding carboxylic acids is 1. The van der Waals surface area contributed by atoms with E-state index in [4.69, 9.17) is 33.0 Å². The predicted octanol–water partition coefficient (Wildman–Crippen LogP) is 1.66. The SMILES string of the molecule is O=C(Cc1ccc(Cl)c(Cl)c1)NCCOCCO. The fourth-order valence-electron chi connectivity index (χ4n) is 1.33. The molecule has 0 aliphatic rings. The summed E-state index contributed by atoms with van der Waals surface area (Å²) in [6.45, 7) is 1.06. The van der Waals surface area contributed by atoms with Gasteiger partial charge in [0.1, 0.15) is 0 Å². The van der Waals surface area contributed by atoms with Crippen molar-refractivity contribution < 1.29 is 14.6 Å². The lowest BCUT2D eigenvalue weighted by Gasteiger charge is -2.06. The molecule has 100 valence electrons. The minimum Gasteiger partial charge on any atom is -0.394 e.